The fourth-order valence-corrected chi connectivity index (χ4v) is 4.27. The Hall–Kier alpha value is -3.62. The summed E-state index contributed by atoms with van der Waals surface area (Å²) in [5, 5.41) is 14.9. The molecule has 0 bridgehead atoms. The summed E-state index contributed by atoms with van der Waals surface area (Å²) < 4.78 is 5.85. The van der Waals surface area contributed by atoms with E-state index in [1.807, 2.05) is 49.4 Å². The van der Waals surface area contributed by atoms with Crippen LogP contribution < -0.4 is 5.32 Å². The lowest BCUT2D eigenvalue weighted by molar-refractivity contribution is -0.385. The lowest BCUT2D eigenvalue weighted by atomic mass is 9.94. The fourth-order valence-electron chi connectivity index (χ4n) is 4.27. The first-order valence-corrected chi connectivity index (χ1v) is 11.4. The van der Waals surface area contributed by atoms with E-state index in [-0.39, 0.29) is 17.8 Å². The number of carbonyl (C=O) groups is 1. The number of likely N-dealkylation sites (N-methyl/N-ethyl adjacent to an activating group) is 1. The largest absolute Gasteiger partial charge is 0.356 e. The van der Waals surface area contributed by atoms with Crippen LogP contribution in [0.5, 0.6) is 0 Å². The van der Waals surface area contributed by atoms with Crippen LogP contribution in [0, 0.1) is 24.0 Å². The van der Waals surface area contributed by atoms with Crippen molar-refractivity contribution in [3.05, 3.63) is 81.5 Å². The van der Waals surface area contributed by atoms with Gasteiger partial charge in [-0.25, -0.2) is 0 Å². The topological polar surface area (TPSA) is 97.6 Å². The average Bonchev–Trinajstić information content (AvgIpc) is 2.85. The van der Waals surface area contributed by atoms with Gasteiger partial charge in [0, 0.05) is 36.8 Å². The zero-order chi connectivity index (χ0) is 24.2. The maximum absolute atomic E-state index is 13.9. The van der Waals surface area contributed by atoms with Crippen LogP contribution in [-0.2, 0) is 4.74 Å². The Labute approximate surface area is 198 Å². The van der Waals surface area contributed by atoms with E-state index >= 15 is 0 Å². The molecule has 1 unspecified atom stereocenters. The highest BCUT2D eigenvalue weighted by Crippen LogP contribution is 2.34. The molecule has 1 atom stereocenters. The van der Waals surface area contributed by atoms with Gasteiger partial charge in [0.25, 0.3) is 11.6 Å². The summed E-state index contributed by atoms with van der Waals surface area (Å²) in [5.74, 6) is -0.209. The number of hydrogen-bond donors (Lipinski definition) is 1. The number of aryl methyl sites for hydroxylation is 2. The van der Waals surface area contributed by atoms with Gasteiger partial charge >= 0.3 is 0 Å². The molecule has 2 aromatic carbocycles. The summed E-state index contributed by atoms with van der Waals surface area (Å²) in [7, 11) is 0. The monoisotopic (exact) mass is 460 g/mol. The van der Waals surface area contributed by atoms with Gasteiger partial charge in [0.05, 0.1) is 28.5 Å². The molecule has 0 aliphatic carbocycles. The average molecular weight is 461 g/mol. The van der Waals surface area contributed by atoms with Crippen LogP contribution in [0.15, 0.2) is 54.6 Å². The Balaban J connectivity index is 1.89. The van der Waals surface area contributed by atoms with Crippen molar-refractivity contribution in [3.8, 4) is 22.4 Å². The highest BCUT2D eigenvalue weighted by Gasteiger charge is 2.30. The summed E-state index contributed by atoms with van der Waals surface area (Å²) in [4.78, 5) is 31.5. The molecule has 1 aliphatic heterocycles. The van der Waals surface area contributed by atoms with Gasteiger partial charge in [-0.05, 0) is 38.0 Å². The summed E-state index contributed by atoms with van der Waals surface area (Å²) >= 11 is 0. The lowest BCUT2D eigenvalue weighted by Gasteiger charge is -2.34. The highest BCUT2D eigenvalue weighted by molar-refractivity contribution is 6.02. The number of amides is 1. The molecule has 4 rings (SSSR count). The van der Waals surface area contributed by atoms with Crippen LogP contribution in [0.2, 0.25) is 0 Å². The number of nitro benzene ring substituents is 1. The molecule has 1 aliphatic rings. The van der Waals surface area contributed by atoms with Crippen molar-refractivity contribution in [1.82, 2.24) is 15.2 Å². The van der Waals surface area contributed by atoms with Crippen LogP contribution >= 0.6 is 0 Å². The number of nitrogens with zero attached hydrogens (tertiary/aromatic N) is 3. The van der Waals surface area contributed by atoms with Crippen LogP contribution in [0.3, 0.4) is 0 Å². The molecule has 8 nitrogen and oxygen atoms in total. The lowest BCUT2D eigenvalue weighted by Crippen LogP contribution is -2.51. The zero-order valence-electron chi connectivity index (χ0n) is 19.6. The van der Waals surface area contributed by atoms with Gasteiger partial charge in [0.1, 0.15) is 6.23 Å². The van der Waals surface area contributed by atoms with Gasteiger partial charge in [-0.1, -0.05) is 42.5 Å². The molecule has 1 amide bonds. The molecule has 1 aromatic heterocycles. The highest BCUT2D eigenvalue weighted by atomic mass is 16.6. The Bertz CT molecular complexity index is 1210. The number of hydrogen-bond acceptors (Lipinski definition) is 6. The van der Waals surface area contributed by atoms with Gasteiger partial charge in [-0.2, -0.15) is 0 Å². The summed E-state index contributed by atoms with van der Waals surface area (Å²) in [6.07, 6.45) is -0.389. The SMILES string of the molecule is CCN(C(=O)c1c(-c2ccc(C)c([N+](=O)[O-])c2)cc(-c2ccccc2)nc1C)C1CNCCO1. The van der Waals surface area contributed by atoms with E-state index in [4.69, 9.17) is 9.72 Å². The van der Waals surface area contributed by atoms with Crippen molar-refractivity contribution >= 4 is 11.6 Å². The van der Waals surface area contributed by atoms with E-state index in [2.05, 4.69) is 5.32 Å². The molecule has 1 saturated heterocycles. The Morgan fingerprint density at radius 2 is 1.94 bits per heavy atom. The van der Waals surface area contributed by atoms with Gasteiger partial charge in [-0.3, -0.25) is 19.9 Å². The van der Waals surface area contributed by atoms with Crippen LogP contribution in [0.25, 0.3) is 22.4 Å². The Kier molecular flexibility index (Phi) is 7.00. The van der Waals surface area contributed by atoms with Crippen molar-refractivity contribution in [2.75, 3.05) is 26.2 Å². The molecule has 2 heterocycles. The quantitative estimate of drug-likeness (QED) is 0.434. The van der Waals surface area contributed by atoms with Crippen molar-refractivity contribution in [1.29, 1.82) is 0 Å². The second-order valence-electron chi connectivity index (χ2n) is 8.26. The predicted octanol–water partition coefficient (Wildman–Crippen LogP) is 4.35. The standard InChI is InChI=1S/C26H28N4O4/c1-4-29(24-16-27-12-13-34-24)26(31)25-18(3)28-22(19-8-6-5-7-9-19)15-21(25)20-11-10-17(2)23(14-20)30(32)33/h5-11,14-15,24,27H,4,12-13,16H2,1-3H3. The number of rotatable bonds is 6. The van der Waals surface area contributed by atoms with Crippen LogP contribution in [0.4, 0.5) is 5.69 Å². The molecule has 176 valence electrons. The van der Waals surface area contributed by atoms with E-state index in [0.717, 1.165) is 12.1 Å². The number of ether oxygens (including phenoxy) is 1. The second kappa shape index (κ2) is 10.1. The maximum Gasteiger partial charge on any atom is 0.272 e. The van der Waals surface area contributed by atoms with E-state index in [9.17, 15) is 14.9 Å². The number of morpholine rings is 1. The first-order valence-electron chi connectivity index (χ1n) is 11.4. The third-order valence-corrected chi connectivity index (χ3v) is 6.06. The number of carbonyl (C=O) groups excluding carboxylic acids is 1. The minimum absolute atomic E-state index is 0.0128. The van der Waals surface area contributed by atoms with Gasteiger partial charge in [0.2, 0.25) is 0 Å². The van der Waals surface area contributed by atoms with Crippen molar-refractivity contribution in [3.63, 3.8) is 0 Å². The van der Waals surface area contributed by atoms with E-state index in [1.165, 1.54) is 6.07 Å². The van der Waals surface area contributed by atoms with Crippen molar-refractivity contribution < 1.29 is 14.5 Å². The molecule has 0 spiro atoms. The first-order chi connectivity index (χ1) is 16.4. The van der Waals surface area contributed by atoms with E-state index in [0.29, 0.717) is 53.3 Å². The number of nitro groups is 1. The smallest absolute Gasteiger partial charge is 0.272 e. The van der Waals surface area contributed by atoms with Crippen molar-refractivity contribution in [2.45, 2.75) is 27.0 Å². The number of benzene rings is 2. The zero-order valence-corrected chi connectivity index (χ0v) is 19.6. The summed E-state index contributed by atoms with van der Waals surface area (Å²) in [6, 6.07) is 16.6. The summed E-state index contributed by atoms with van der Waals surface area (Å²) in [6.45, 7) is 7.68. The minimum atomic E-state index is -0.396. The van der Waals surface area contributed by atoms with Crippen molar-refractivity contribution in [2.24, 2.45) is 0 Å². The predicted molar refractivity (Wildman–Crippen MR) is 131 cm³/mol. The number of pyridine rings is 1. The van der Waals surface area contributed by atoms with Gasteiger partial charge in [0.15, 0.2) is 0 Å². The third kappa shape index (κ3) is 4.69. The van der Waals surface area contributed by atoms with Crippen LogP contribution in [0.1, 0.15) is 28.5 Å². The Morgan fingerprint density at radius 1 is 1.18 bits per heavy atom. The maximum atomic E-state index is 13.9. The van der Waals surface area contributed by atoms with Gasteiger partial charge < -0.3 is 15.0 Å². The van der Waals surface area contributed by atoms with E-state index in [1.54, 1.807) is 24.8 Å². The molecule has 34 heavy (non-hydrogen) atoms. The molecule has 1 N–H and O–H groups in total. The molecule has 0 radical (unpaired) electrons. The molecule has 1 fully saturated rings. The molecule has 8 heteroatoms. The molecule has 3 aromatic rings. The number of aromatic nitrogens is 1. The van der Waals surface area contributed by atoms with Gasteiger partial charge in [-0.15, -0.1) is 0 Å². The minimum Gasteiger partial charge on any atom is -0.356 e. The number of nitrogens with one attached hydrogen (secondary N) is 1. The van der Waals surface area contributed by atoms with Crippen LogP contribution in [-0.4, -0.2) is 53.2 Å². The van der Waals surface area contributed by atoms with E-state index < -0.39 is 4.92 Å². The Morgan fingerprint density at radius 3 is 2.59 bits per heavy atom. The second-order valence-corrected chi connectivity index (χ2v) is 8.26. The fraction of sp³-hybridized carbons (Fsp3) is 0.308. The molecular weight excluding hydrogens is 432 g/mol. The summed E-state index contributed by atoms with van der Waals surface area (Å²) in [5.41, 5.74) is 4.38. The molecule has 0 saturated carbocycles. The molecular formula is C26H28N4O4. The first kappa shape index (κ1) is 23.5. The third-order valence-electron chi connectivity index (χ3n) is 6.06. The normalized spacial score (nSPS) is 15.7.